The molecule has 3 nitrogen and oxygen atoms in total. The number of ether oxygens (including phenoxy) is 1. The van der Waals surface area contributed by atoms with Gasteiger partial charge in [-0.05, 0) is 37.1 Å². The van der Waals surface area contributed by atoms with Crippen molar-refractivity contribution >= 4 is 0 Å². The predicted octanol–water partition coefficient (Wildman–Crippen LogP) is 3.18. The zero-order valence-electron chi connectivity index (χ0n) is 9.36. The molecule has 2 rings (SSSR count). The highest BCUT2D eigenvalue weighted by Gasteiger charge is 2.06. The first-order valence-corrected chi connectivity index (χ1v) is 5.14. The van der Waals surface area contributed by atoms with Gasteiger partial charge in [-0.25, -0.2) is 0 Å². The summed E-state index contributed by atoms with van der Waals surface area (Å²) in [6.45, 7) is 3.92. The van der Waals surface area contributed by atoms with Crippen molar-refractivity contribution in [3.63, 3.8) is 0 Å². The minimum atomic E-state index is -0.115. The second kappa shape index (κ2) is 4.41. The minimum Gasteiger partial charge on any atom is -0.428 e. The van der Waals surface area contributed by atoms with E-state index < -0.39 is 0 Å². The van der Waals surface area contributed by atoms with E-state index in [0.717, 1.165) is 11.3 Å². The van der Waals surface area contributed by atoms with Crippen molar-refractivity contribution in [1.29, 1.82) is 0 Å². The SMILES string of the molecule is Cc1cccc(Oc2ccc(CO)o2)c1C. The van der Waals surface area contributed by atoms with E-state index in [1.165, 1.54) is 5.56 Å². The fourth-order valence-corrected chi connectivity index (χ4v) is 1.44. The standard InChI is InChI=1S/C13H14O3/c1-9-4-3-5-12(10(9)2)16-13-7-6-11(8-14)15-13/h3-7,14H,8H2,1-2H3. The van der Waals surface area contributed by atoms with Gasteiger partial charge in [0.2, 0.25) is 0 Å². The molecular formula is C13H14O3. The molecule has 0 aliphatic rings. The van der Waals surface area contributed by atoms with Crippen LogP contribution in [0.2, 0.25) is 0 Å². The highest BCUT2D eigenvalue weighted by atomic mass is 16.6. The van der Waals surface area contributed by atoms with Gasteiger partial charge in [0.15, 0.2) is 0 Å². The van der Waals surface area contributed by atoms with Gasteiger partial charge in [0.25, 0.3) is 5.95 Å². The van der Waals surface area contributed by atoms with E-state index in [-0.39, 0.29) is 6.61 Å². The summed E-state index contributed by atoms with van der Waals surface area (Å²) in [7, 11) is 0. The van der Waals surface area contributed by atoms with Crippen LogP contribution in [0.1, 0.15) is 16.9 Å². The largest absolute Gasteiger partial charge is 0.428 e. The predicted molar refractivity (Wildman–Crippen MR) is 60.6 cm³/mol. The maximum atomic E-state index is 8.87. The molecule has 0 fully saturated rings. The Bertz CT molecular complexity index is 486. The van der Waals surface area contributed by atoms with Crippen LogP contribution in [0.3, 0.4) is 0 Å². The Labute approximate surface area is 94.3 Å². The molecule has 2 aromatic rings. The molecular weight excluding hydrogens is 204 g/mol. The number of hydrogen-bond donors (Lipinski definition) is 1. The number of rotatable bonds is 3. The van der Waals surface area contributed by atoms with Crippen LogP contribution >= 0.6 is 0 Å². The molecule has 1 aromatic carbocycles. The van der Waals surface area contributed by atoms with E-state index in [1.54, 1.807) is 12.1 Å². The molecule has 0 saturated heterocycles. The van der Waals surface area contributed by atoms with Crippen LogP contribution < -0.4 is 4.74 Å². The van der Waals surface area contributed by atoms with E-state index in [2.05, 4.69) is 0 Å². The van der Waals surface area contributed by atoms with Gasteiger partial charge in [-0.15, -0.1) is 0 Å². The summed E-state index contributed by atoms with van der Waals surface area (Å²) in [5.74, 6) is 1.68. The Morgan fingerprint density at radius 3 is 2.69 bits per heavy atom. The zero-order chi connectivity index (χ0) is 11.5. The molecule has 16 heavy (non-hydrogen) atoms. The summed E-state index contributed by atoms with van der Waals surface area (Å²) in [5, 5.41) is 8.87. The third kappa shape index (κ3) is 2.09. The van der Waals surface area contributed by atoms with Gasteiger partial charge in [-0.3, -0.25) is 0 Å². The second-order valence-corrected chi connectivity index (χ2v) is 3.68. The monoisotopic (exact) mass is 218 g/mol. The molecule has 1 heterocycles. The third-order valence-electron chi connectivity index (χ3n) is 2.56. The normalized spacial score (nSPS) is 10.4. The Kier molecular flexibility index (Phi) is 2.97. The number of aliphatic hydroxyl groups is 1. The Morgan fingerprint density at radius 2 is 2.00 bits per heavy atom. The molecule has 1 N–H and O–H groups in total. The summed E-state index contributed by atoms with van der Waals surface area (Å²) in [4.78, 5) is 0. The lowest BCUT2D eigenvalue weighted by atomic mass is 10.1. The molecule has 1 aromatic heterocycles. The van der Waals surface area contributed by atoms with Crippen LogP contribution in [0.4, 0.5) is 0 Å². The van der Waals surface area contributed by atoms with Crippen LogP contribution in [0.25, 0.3) is 0 Å². The lowest BCUT2D eigenvalue weighted by Crippen LogP contribution is -1.88. The Morgan fingerprint density at radius 1 is 1.19 bits per heavy atom. The third-order valence-corrected chi connectivity index (χ3v) is 2.56. The average Bonchev–Trinajstić information content (AvgIpc) is 2.73. The number of furan rings is 1. The fourth-order valence-electron chi connectivity index (χ4n) is 1.44. The fraction of sp³-hybridized carbons (Fsp3) is 0.231. The molecule has 0 saturated carbocycles. The van der Waals surface area contributed by atoms with E-state index in [1.807, 2.05) is 32.0 Å². The molecule has 0 spiro atoms. The highest BCUT2D eigenvalue weighted by Crippen LogP contribution is 2.28. The smallest absolute Gasteiger partial charge is 0.290 e. The number of hydrogen-bond acceptors (Lipinski definition) is 3. The van der Waals surface area contributed by atoms with Gasteiger partial charge in [0.1, 0.15) is 18.1 Å². The first kappa shape index (κ1) is 10.8. The lowest BCUT2D eigenvalue weighted by Gasteiger charge is -2.07. The van der Waals surface area contributed by atoms with Gasteiger partial charge < -0.3 is 14.3 Å². The quantitative estimate of drug-likeness (QED) is 0.860. The molecule has 0 bridgehead atoms. The van der Waals surface area contributed by atoms with Crippen LogP contribution in [0.5, 0.6) is 11.7 Å². The summed E-state index contributed by atoms with van der Waals surface area (Å²) < 4.78 is 10.9. The van der Waals surface area contributed by atoms with Gasteiger partial charge in [-0.2, -0.15) is 0 Å². The van der Waals surface area contributed by atoms with Crippen molar-refractivity contribution in [3.8, 4) is 11.7 Å². The van der Waals surface area contributed by atoms with Crippen molar-refractivity contribution in [3.05, 3.63) is 47.2 Å². The molecule has 0 aliphatic heterocycles. The van der Waals surface area contributed by atoms with Gasteiger partial charge in [0, 0.05) is 6.07 Å². The first-order valence-electron chi connectivity index (χ1n) is 5.14. The number of aliphatic hydroxyl groups excluding tert-OH is 1. The topological polar surface area (TPSA) is 42.6 Å². The van der Waals surface area contributed by atoms with E-state index in [4.69, 9.17) is 14.3 Å². The number of benzene rings is 1. The van der Waals surface area contributed by atoms with E-state index in [9.17, 15) is 0 Å². The number of aryl methyl sites for hydroxylation is 1. The molecule has 0 atom stereocenters. The highest BCUT2D eigenvalue weighted by molar-refractivity contribution is 5.40. The summed E-state index contributed by atoms with van der Waals surface area (Å²) >= 11 is 0. The van der Waals surface area contributed by atoms with Gasteiger partial charge in [0.05, 0.1) is 0 Å². The van der Waals surface area contributed by atoms with E-state index in [0.29, 0.717) is 11.7 Å². The lowest BCUT2D eigenvalue weighted by molar-refractivity contribution is 0.231. The van der Waals surface area contributed by atoms with Crippen LogP contribution in [0.15, 0.2) is 34.7 Å². The molecule has 84 valence electrons. The minimum absolute atomic E-state index is 0.115. The van der Waals surface area contributed by atoms with Gasteiger partial charge >= 0.3 is 0 Å². The van der Waals surface area contributed by atoms with Crippen LogP contribution in [-0.4, -0.2) is 5.11 Å². The maximum Gasteiger partial charge on any atom is 0.290 e. The first-order chi connectivity index (χ1) is 7.70. The van der Waals surface area contributed by atoms with Crippen molar-refractivity contribution in [2.75, 3.05) is 0 Å². The Hall–Kier alpha value is -1.74. The van der Waals surface area contributed by atoms with Gasteiger partial charge in [-0.1, -0.05) is 12.1 Å². The maximum absolute atomic E-state index is 8.87. The molecule has 3 heteroatoms. The second-order valence-electron chi connectivity index (χ2n) is 3.68. The molecule has 0 amide bonds. The summed E-state index contributed by atoms with van der Waals surface area (Å²) in [6.07, 6.45) is 0. The zero-order valence-corrected chi connectivity index (χ0v) is 9.36. The summed E-state index contributed by atoms with van der Waals surface area (Å²) in [6, 6.07) is 9.26. The van der Waals surface area contributed by atoms with Crippen molar-refractivity contribution in [2.45, 2.75) is 20.5 Å². The molecule has 0 radical (unpaired) electrons. The van der Waals surface area contributed by atoms with Crippen LogP contribution in [-0.2, 0) is 6.61 Å². The molecule has 0 unspecified atom stereocenters. The van der Waals surface area contributed by atoms with Crippen molar-refractivity contribution in [2.24, 2.45) is 0 Å². The van der Waals surface area contributed by atoms with Crippen molar-refractivity contribution < 1.29 is 14.3 Å². The average molecular weight is 218 g/mol. The summed E-state index contributed by atoms with van der Waals surface area (Å²) in [5.41, 5.74) is 2.26. The van der Waals surface area contributed by atoms with Crippen LogP contribution in [0, 0.1) is 13.8 Å². The Balaban J connectivity index is 2.23. The van der Waals surface area contributed by atoms with Crippen molar-refractivity contribution in [1.82, 2.24) is 0 Å². The molecule has 0 aliphatic carbocycles. The van der Waals surface area contributed by atoms with E-state index >= 15 is 0 Å².